The van der Waals surface area contributed by atoms with E-state index in [4.69, 9.17) is 33.7 Å². The fourth-order valence-corrected chi connectivity index (χ4v) is 5.33. The number of rotatable bonds is 7. The van der Waals surface area contributed by atoms with E-state index in [1.807, 2.05) is 0 Å². The molecule has 0 aliphatic carbocycles. The van der Waals surface area contributed by atoms with Crippen LogP contribution in [0.2, 0.25) is 10.0 Å². The maximum absolute atomic E-state index is 13.8. The number of nitrogens with two attached hydrogens (primary N) is 1. The minimum absolute atomic E-state index is 0.0699. The van der Waals surface area contributed by atoms with E-state index in [2.05, 4.69) is 20.5 Å². The molecule has 0 saturated carbocycles. The number of carbonyl (C=O) groups excluding carboxylic acids is 2. The third-order valence-corrected chi connectivity index (χ3v) is 7.98. The number of hydrogen-bond donors (Lipinski definition) is 2. The summed E-state index contributed by atoms with van der Waals surface area (Å²) in [5, 5.41) is 11.5. The summed E-state index contributed by atoms with van der Waals surface area (Å²) in [5.41, 5.74) is 5.21. The van der Waals surface area contributed by atoms with Crippen LogP contribution >= 0.6 is 34.5 Å². The number of amides is 2. The average molecular weight is 624 g/mol. The summed E-state index contributed by atoms with van der Waals surface area (Å²) in [6, 6.07) is 7.11. The lowest BCUT2D eigenvalue weighted by atomic mass is 10.0. The first-order chi connectivity index (χ1) is 19.3. The molecule has 4 aromatic heterocycles. The van der Waals surface area contributed by atoms with Crippen LogP contribution in [0.25, 0.3) is 21.3 Å². The number of aromatic nitrogens is 5. The summed E-state index contributed by atoms with van der Waals surface area (Å²) in [4.78, 5) is 29.0. The average Bonchev–Trinajstić information content (AvgIpc) is 3.62. The molecule has 2 amide bonds. The molecule has 16 heteroatoms. The number of benzene rings is 1. The molecule has 0 unspecified atom stereocenters. The van der Waals surface area contributed by atoms with Crippen molar-refractivity contribution >= 4 is 62.3 Å². The van der Waals surface area contributed by atoms with Gasteiger partial charge in [0.2, 0.25) is 0 Å². The lowest BCUT2D eigenvalue weighted by Gasteiger charge is -2.12. The van der Waals surface area contributed by atoms with Gasteiger partial charge in [0.15, 0.2) is 12.4 Å². The van der Waals surface area contributed by atoms with Crippen molar-refractivity contribution in [2.75, 3.05) is 5.32 Å². The number of nitrogens with zero attached hydrogens (tertiary/aromatic N) is 5. The number of primary amides is 1. The minimum Gasteiger partial charge on any atom is -0.470 e. The van der Waals surface area contributed by atoms with E-state index < -0.39 is 23.7 Å². The van der Waals surface area contributed by atoms with Gasteiger partial charge in [0.05, 0.1) is 16.9 Å². The second kappa shape index (κ2) is 10.7. The predicted octanol–water partition coefficient (Wildman–Crippen LogP) is 5.92. The lowest BCUT2D eigenvalue weighted by Crippen LogP contribution is -2.18. The molecule has 0 aliphatic heterocycles. The van der Waals surface area contributed by atoms with Crippen LogP contribution in [0.5, 0.6) is 5.75 Å². The van der Waals surface area contributed by atoms with E-state index in [1.54, 1.807) is 32.2 Å². The number of ether oxygens (including phenoxy) is 1. The van der Waals surface area contributed by atoms with E-state index in [1.165, 1.54) is 27.8 Å². The van der Waals surface area contributed by atoms with Gasteiger partial charge < -0.3 is 15.8 Å². The van der Waals surface area contributed by atoms with Gasteiger partial charge in [-0.05, 0) is 36.8 Å². The molecular formula is C25H18Cl2F3N7O3S. The first-order valence-electron chi connectivity index (χ1n) is 11.6. The lowest BCUT2D eigenvalue weighted by molar-refractivity contribution is -0.140. The van der Waals surface area contributed by atoms with Gasteiger partial charge in [-0.25, -0.2) is 9.67 Å². The van der Waals surface area contributed by atoms with E-state index in [0.717, 1.165) is 6.07 Å². The second-order valence-corrected chi connectivity index (χ2v) is 10.5. The summed E-state index contributed by atoms with van der Waals surface area (Å²) in [5.74, 6) is -1.40. The molecule has 41 heavy (non-hydrogen) atoms. The zero-order valence-corrected chi connectivity index (χ0v) is 23.4. The smallest absolute Gasteiger partial charge is 0.433 e. The molecule has 0 spiro atoms. The van der Waals surface area contributed by atoms with Crippen LogP contribution in [0, 0.1) is 6.92 Å². The second-order valence-electron chi connectivity index (χ2n) is 8.69. The SMILES string of the molecule is Cc1c(-c2cc(C(F)(F)F)nc3sc(C(N)=O)c(NC(=O)c4ccn(COc5cccc(Cl)c5Cl)n4)c23)cnn1C. The number of nitrogens with one attached hydrogen (secondary N) is 1. The Kier molecular flexibility index (Phi) is 7.40. The van der Waals surface area contributed by atoms with Crippen LogP contribution in [0.4, 0.5) is 18.9 Å². The molecule has 1 aromatic carbocycles. The number of fused-ring (bicyclic) bond motifs is 1. The van der Waals surface area contributed by atoms with Gasteiger partial charge in [-0.3, -0.25) is 14.3 Å². The molecule has 3 N–H and O–H groups in total. The van der Waals surface area contributed by atoms with Crippen LogP contribution in [0.1, 0.15) is 31.5 Å². The third kappa shape index (κ3) is 5.45. The predicted molar refractivity (Wildman–Crippen MR) is 147 cm³/mol. The molecule has 10 nitrogen and oxygen atoms in total. The zero-order chi connectivity index (χ0) is 29.6. The number of hydrogen-bond acceptors (Lipinski definition) is 7. The van der Waals surface area contributed by atoms with Gasteiger partial charge >= 0.3 is 6.18 Å². The Labute approximate surface area is 243 Å². The van der Waals surface area contributed by atoms with Gasteiger partial charge in [-0.15, -0.1) is 11.3 Å². The maximum Gasteiger partial charge on any atom is 0.433 e. The molecule has 0 radical (unpaired) electrons. The van der Waals surface area contributed by atoms with E-state index in [-0.39, 0.29) is 43.8 Å². The molecule has 0 aliphatic rings. The fraction of sp³-hybridized carbons (Fsp3) is 0.160. The standard InChI is InChI=1S/C25H18Cl2F3N7O3S/c1-11-13(9-32-36(11)2)12-8-17(25(28,29)30)33-24-18(12)20(21(41-24)22(31)38)34-23(39)15-6-7-37(35-15)10-40-16-5-3-4-14(26)19(16)27/h3-9H,10H2,1-2H3,(H2,31,38)(H,34,39). The van der Waals surface area contributed by atoms with Crippen molar-refractivity contribution in [3.8, 4) is 16.9 Å². The number of alkyl halides is 3. The Balaban J connectivity index is 1.53. The van der Waals surface area contributed by atoms with Gasteiger partial charge in [0, 0.05) is 29.9 Å². The Bertz CT molecular complexity index is 1830. The highest BCUT2D eigenvalue weighted by Crippen LogP contribution is 2.44. The van der Waals surface area contributed by atoms with Crippen molar-refractivity contribution in [3.63, 3.8) is 0 Å². The van der Waals surface area contributed by atoms with E-state index in [0.29, 0.717) is 33.4 Å². The maximum atomic E-state index is 13.8. The third-order valence-electron chi connectivity index (χ3n) is 6.08. The summed E-state index contributed by atoms with van der Waals surface area (Å²) in [6.07, 6.45) is -1.91. The van der Waals surface area contributed by atoms with Gasteiger partial charge in [-0.2, -0.15) is 23.4 Å². The highest BCUT2D eigenvalue weighted by Gasteiger charge is 2.35. The molecule has 0 bridgehead atoms. The van der Waals surface area contributed by atoms with Crippen molar-refractivity contribution in [2.24, 2.45) is 12.8 Å². The molecule has 5 rings (SSSR count). The molecule has 0 fully saturated rings. The van der Waals surface area contributed by atoms with Gasteiger partial charge in [0.25, 0.3) is 11.8 Å². The highest BCUT2D eigenvalue weighted by atomic mass is 35.5. The Morgan fingerprint density at radius 2 is 1.95 bits per heavy atom. The number of pyridine rings is 1. The van der Waals surface area contributed by atoms with E-state index >= 15 is 0 Å². The summed E-state index contributed by atoms with van der Waals surface area (Å²) in [6.45, 7) is 1.56. The summed E-state index contributed by atoms with van der Waals surface area (Å²) < 4.78 is 49.7. The Hall–Kier alpha value is -4.14. The Morgan fingerprint density at radius 3 is 2.61 bits per heavy atom. The topological polar surface area (TPSA) is 130 Å². The first-order valence-corrected chi connectivity index (χ1v) is 13.2. The molecular weight excluding hydrogens is 606 g/mol. The fourth-order valence-electron chi connectivity index (χ4n) is 3.98. The van der Waals surface area contributed by atoms with Crippen LogP contribution < -0.4 is 15.8 Å². The van der Waals surface area contributed by atoms with Crippen molar-refractivity contribution in [2.45, 2.75) is 19.8 Å². The monoisotopic (exact) mass is 623 g/mol. The number of halogens is 5. The van der Waals surface area contributed by atoms with Crippen molar-refractivity contribution in [1.82, 2.24) is 24.5 Å². The van der Waals surface area contributed by atoms with Crippen LogP contribution in [-0.4, -0.2) is 36.4 Å². The van der Waals surface area contributed by atoms with Gasteiger partial charge in [-0.1, -0.05) is 29.3 Å². The number of aryl methyl sites for hydroxylation is 1. The number of carbonyl (C=O) groups is 2. The van der Waals surface area contributed by atoms with Crippen LogP contribution in [0.15, 0.2) is 42.7 Å². The van der Waals surface area contributed by atoms with Crippen molar-refractivity contribution in [3.05, 3.63) is 74.7 Å². The van der Waals surface area contributed by atoms with Crippen LogP contribution in [0.3, 0.4) is 0 Å². The van der Waals surface area contributed by atoms with Crippen molar-refractivity contribution < 1.29 is 27.5 Å². The van der Waals surface area contributed by atoms with Gasteiger partial charge in [0.1, 0.15) is 26.2 Å². The normalized spacial score (nSPS) is 11.7. The molecule has 212 valence electrons. The highest BCUT2D eigenvalue weighted by molar-refractivity contribution is 7.21. The quantitative estimate of drug-likeness (QED) is 0.232. The summed E-state index contributed by atoms with van der Waals surface area (Å²) in [7, 11) is 1.63. The zero-order valence-electron chi connectivity index (χ0n) is 21.1. The molecule has 0 atom stereocenters. The van der Waals surface area contributed by atoms with Crippen molar-refractivity contribution in [1.29, 1.82) is 0 Å². The van der Waals surface area contributed by atoms with Crippen LogP contribution in [-0.2, 0) is 20.0 Å². The Morgan fingerprint density at radius 1 is 1.20 bits per heavy atom. The molecule has 4 heterocycles. The molecule has 0 saturated heterocycles. The largest absolute Gasteiger partial charge is 0.470 e. The summed E-state index contributed by atoms with van der Waals surface area (Å²) >= 11 is 12.8. The number of anilines is 1. The molecule has 5 aromatic rings. The minimum atomic E-state index is -4.77. The number of thiophene rings is 1. The van der Waals surface area contributed by atoms with E-state index in [9.17, 15) is 22.8 Å². The first kappa shape index (κ1) is 28.4.